The van der Waals surface area contributed by atoms with Gasteiger partial charge in [-0.3, -0.25) is 0 Å². The third-order valence-electron chi connectivity index (χ3n) is 5.30. The molecule has 25 heavy (non-hydrogen) atoms. The highest BCUT2D eigenvalue weighted by Gasteiger charge is 2.41. The molecule has 0 aromatic carbocycles. The van der Waals surface area contributed by atoms with Crippen LogP contribution in [-0.4, -0.2) is 59.6 Å². The first kappa shape index (κ1) is 16.3. The van der Waals surface area contributed by atoms with Crippen LogP contribution < -0.4 is 4.90 Å². The highest BCUT2D eigenvalue weighted by molar-refractivity contribution is 7.89. The van der Waals surface area contributed by atoms with Crippen molar-refractivity contribution in [1.82, 2.24) is 19.3 Å². The van der Waals surface area contributed by atoms with Crippen molar-refractivity contribution in [3.63, 3.8) is 0 Å². The van der Waals surface area contributed by atoms with Gasteiger partial charge < -0.3 is 9.88 Å². The fourth-order valence-corrected chi connectivity index (χ4v) is 5.51. The molecule has 0 radical (unpaired) electrons. The molecule has 1 aliphatic heterocycles. The molecule has 1 saturated heterocycles. The number of sulfonamides is 1. The zero-order valence-corrected chi connectivity index (χ0v) is 14.8. The number of nitrogens with one attached hydrogen (secondary N) is 1. The Hall–Kier alpha value is -2.18. The van der Waals surface area contributed by atoms with Crippen LogP contribution in [0.25, 0.3) is 11.0 Å². The molecule has 0 spiro atoms. The first-order valence-corrected chi connectivity index (χ1v) is 9.97. The summed E-state index contributed by atoms with van der Waals surface area (Å²) in [4.78, 5) is 13.8. The molecular formula is C16H20N6O2S. The highest BCUT2D eigenvalue weighted by atomic mass is 32.2. The summed E-state index contributed by atoms with van der Waals surface area (Å²) >= 11 is 0. The van der Waals surface area contributed by atoms with Crippen LogP contribution in [-0.2, 0) is 10.0 Å². The van der Waals surface area contributed by atoms with Crippen molar-refractivity contribution < 1.29 is 8.42 Å². The number of fused-ring (bicyclic) bond motifs is 1. The minimum atomic E-state index is -3.23. The van der Waals surface area contributed by atoms with Crippen LogP contribution in [0.15, 0.2) is 18.6 Å². The fourth-order valence-electron chi connectivity index (χ4n) is 3.62. The van der Waals surface area contributed by atoms with E-state index in [1.165, 1.54) is 4.31 Å². The summed E-state index contributed by atoms with van der Waals surface area (Å²) < 4.78 is 26.1. The summed E-state index contributed by atoms with van der Waals surface area (Å²) in [5.41, 5.74) is 0.806. The van der Waals surface area contributed by atoms with Crippen LogP contribution in [0.5, 0.6) is 0 Å². The second kappa shape index (κ2) is 5.97. The lowest BCUT2D eigenvalue weighted by Crippen LogP contribution is -2.52. The predicted molar refractivity (Wildman–Crippen MR) is 93.3 cm³/mol. The maximum absolute atomic E-state index is 12.3. The molecule has 2 aromatic heterocycles. The van der Waals surface area contributed by atoms with E-state index in [9.17, 15) is 8.42 Å². The van der Waals surface area contributed by atoms with Gasteiger partial charge in [-0.05, 0) is 24.8 Å². The molecule has 2 aromatic rings. The maximum Gasteiger partial charge on any atom is 0.214 e. The van der Waals surface area contributed by atoms with Crippen molar-refractivity contribution in [2.75, 3.05) is 30.8 Å². The molecule has 1 N–H and O–H groups in total. The van der Waals surface area contributed by atoms with E-state index in [1.54, 1.807) is 6.33 Å². The Balaban J connectivity index is 1.36. The van der Waals surface area contributed by atoms with Gasteiger partial charge in [-0.25, -0.2) is 18.4 Å². The third kappa shape index (κ3) is 2.85. The van der Waals surface area contributed by atoms with Gasteiger partial charge in [0.1, 0.15) is 17.8 Å². The van der Waals surface area contributed by atoms with Gasteiger partial charge in [0.05, 0.1) is 23.1 Å². The number of hydrogen-bond donors (Lipinski definition) is 1. The topological polar surface area (TPSA) is 106 Å². The summed E-state index contributed by atoms with van der Waals surface area (Å²) in [7, 11) is -1.24. The summed E-state index contributed by atoms with van der Waals surface area (Å²) in [5, 5.41) is 9.76. The number of H-pyrrole nitrogens is 1. The van der Waals surface area contributed by atoms with Crippen LogP contribution in [0, 0.1) is 23.2 Å². The molecule has 1 saturated carbocycles. The Bertz CT molecular complexity index is 921. The van der Waals surface area contributed by atoms with Gasteiger partial charge in [0.15, 0.2) is 0 Å². The summed E-state index contributed by atoms with van der Waals surface area (Å²) in [6, 6.07) is 4.35. The fraction of sp³-hybridized carbons (Fsp3) is 0.562. The van der Waals surface area contributed by atoms with Crippen molar-refractivity contribution in [2.24, 2.45) is 11.8 Å². The lowest BCUT2D eigenvalue weighted by Gasteiger charge is -2.43. The van der Waals surface area contributed by atoms with Gasteiger partial charge in [-0.2, -0.15) is 9.57 Å². The Morgan fingerprint density at radius 1 is 1.40 bits per heavy atom. The Morgan fingerprint density at radius 2 is 2.16 bits per heavy atom. The van der Waals surface area contributed by atoms with Gasteiger partial charge in [-0.15, -0.1) is 0 Å². The quantitative estimate of drug-likeness (QED) is 0.851. The van der Waals surface area contributed by atoms with E-state index in [1.807, 2.05) is 19.3 Å². The number of hydrogen-bond acceptors (Lipinski definition) is 6. The van der Waals surface area contributed by atoms with E-state index < -0.39 is 10.0 Å². The molecule has 132 valence electrons. The minimum absolute atomic E-state index is 0.142. The molecule has 2 aliphatic rings. The van der Waals surface area contributed by atoms with Crippen molar-refractivity contribution in [3.05, 3.63) is 18.6 Å². The molecule has 3 heterocycles. The SMILES string of the molecule is CN(c1ncnc2[nH]ccc12)[C@H]1C[C@@H](CS(=O)(=O)N2CC(C#N)C2)C1. The molecule has 0 amide bonds. The average Bonchev–Trinajstić information content (AvgIpc) is 2.97. The normalized spacial score (nSPS) is 24.5. The zero-order valence-electron chi connectivity index (χ0n) is 14.0. The number of aromatic nitrogens is 3. The van der Waals surface area contributed by atoms with E-state index in [0.717, 1.165) is 29.7 Å². The maximum atomic E-state index is 12.3. The van der Waals surface area contributed by atoms with Crippen LogP contribution in [0.3, 0.4) is 0 Å². The largest absolute Gasteiger partial charge is 0.356 e. The van der Waals surface area contributed by atoms with Crippen LogP contribution >= 0.6 is 0 Å². The second-order valence-electron chi connectivity index (χ2n) is 6.96. The van der Waals surface area contributed by atoms with E-state index in [0.29, 0.717) is 13.1 Å². The summed E-state index contributed by atoms with van der Waals surface area (Å²) in [6.07, 6.45) is 5.05. The Morgan fingerprint density at radius 3 is 2.88 bits per heavy atom. The highest BCUT2D eigenvalue weighted by Crippen LogP contribution is 2.36. The predicted octanol–water partition coefficient (Wildman–Crippen LogP) is 0.958. The van der Waals surface area contributed by atoms with Gasteiger partial charge in [0.2, 0.25) is 10.0 Å². The molecule has 0 atom stereocenters. The molecule has 8 nitrogen and oxygen atoms in total. The smallest absolute Gasteiger partial charge is 0.214 e. The molecule has 2 fully saturated rings. The van der Waals surface area contributed by atoms with Crippen LogP contribution in [0.4, 0.5) is 5.82 Å². The first-order valence-electron chi connectivity index (χ1n) is 8.36. The van der Waals surface area contributed by atoms with Crippen molar-refractivity contribution in [2.45, 2.75) is 18.9 Å². The Kier molecular flexibility index (Phi) is 3.89. The van der Waals surface area contributed by atoms with E-state index in [2.05, 4.69) is 25.9 Å². The van der Waals surface area contributed by atoms with Gasteiger partial charge in [0.25, 0.3) is 0 Å². The van der Waals surface area contributed by atoms with Crippen molar-refractivity contribution in [1.29, 1.82) is 5.26 Å². The molecule has 4 rings (SSSR count). The summed E-state index contributed by atoms with van der Waals surface area (Å²) in [6.45, 7) is 0.697. The Labute approximate surface area is 146 Å². The van der Waals surface area contributed by atoms with E-state index in [4.69, 9.17) is 5.26 Å². The van der Waals surface area contributed by atoms with Crippen LogP contribution in [0.1, 0.15) is 12.8 Å². The second-order valence-corrected chi connectivity index (χ2v) is 8.97. The first-order chi connectivity index (χ1) is 12.0. The lowest BCUT2D eigenvalue weighted by atomic mass is 9.81. The summed E-state index contributed by atoms with van der Waals surface area (Å²) in [5.74, 6) is 1.08. The van der Waals surface area contributed by atoms with Gasteiger partial charge >= 0.3 is 0 Å². The number of nitrogens with zero attached hydrogens (tertiary/aromatic N) is 5. The zero-order chi connectivity index (χ0) is 17.6. The molecular weight excluding hydrogens is 340 g/mol. The monoisotopic (exact) mass is 360 g/mol. The minimum Gasteiger partial charge on any atom is -0.356 e. The van der Waals surface area contributed by atoms with Gasteiger partial charge in [0, 0.05) is 32.4 Å². The molecule has 9 heteroatoms. The third-order valence-corrected chi connectivity index (χ3v) is 7.27. The van der Waals surface area contributed by atoms with Crippen molar-refractivity contribution >= 4 is 26.9 Å². The molecule has 1 aliphatic carbocycles. The lowest BCUT2D eigenvalue weighted by molar-refractivity contribution is 0.236. The number of rotatable bonds is 5. The molecule has 0 bridgehead atoms. The standard InChI is InChI=1S/C16H20N6O2S/c1-21(16-14-2-3-18-15(14)19-10-20-16)13-4-11(5-13)9-25(23,24)22-7-12(6-17)8-22/h2-3,10-13H,4-5,7-9H2,1H3,(H,18,19,20)/t11-,13+. The average molecular weight is 360 g/mol. The van der Waals surface area contributed by atoms with Crippen LogP contribution in [0.2, 0.25) is 0 Å². The van der Waals surface area contributed by atoms with Gasteiger partial charge in [-0.1, -0.05) is 0 Å². The van der Waals surface area contributed by atoms with E-state index in [-0.39, 0.29) is 23.6 Å². The number of anilines is 1. The number of aromatic amines is 1. The van der Waals surface area contributed by atoms with Crippen molar-refractivity contribution in [3.8, 4) is 6.07 Å². The molecule has 0 unspecified atom stereocenters. The van der Waals surface area contributed by atoms with E-state index >= 15 is 0 Å². The number of nitriles is 1.